The zero-order valence-electron chi connectivity index (χ0n) is 8.49. The highest BCUT2D eigenvalue weighted by molar-refractivity contribution is 5.69. The third kappa shape index (κ3) is 1.85. The molecule has 0 atom stereocenters. The monoisotopic (exact) mass is 211 g/mol. The number of carbonyl (C=O) groups excluding carboxylic acids is 1. The molecule has 1 heterocycles. The first-order chi connectivity index (χ1) is 7.12. The number of hydrogen-bond donors (Lipinski definition) is 2. The predicted octanol–water partition coefficient (Wildman–Crippen LogP) is 0.492. The Hall–Kier alpha value is -1.43. The molecule has 1 aliphatic carbocycles. The van der Waals surface area contributed by atoms with Gasteiger partial charge in [0, 0.05) is 6.92 Å². The minimum absolute atomic E-state index is 0.0897. The van der Waals surface area contributed by atoms with Crippen LogP contribution in [0.25, 0.3) is 0 Å². The first-order valence-corrected chi connectivity index (χ1v) is 4.94. The van der Waals surface area contributed by atoms with Gasteiger partial charge in [-0.3, -0.25) is 4.79 Å². The molecule has 1 saturated carbocycles. The van der Waals surface area contributed by atoms with E-state index in [-0.39, 0.29) is 5.88 Å². The van der Waals surface area contributed by atoms with Gasteiger partial charge in [0.15, 0.2) is 5.69 Å². The van der Waals surface area contributed by atoms with Gasteiger partial charge in [-0.1, -0.05) is 12.8 Å². The number of nitrogens with zero attached hydrogens (tertiary/aromatic N) is 2. The molecule has 0 amide bonds. The van der Waals surface area contributed by atoms with Crippen molar-refractivity contribution < 1.29 is 14.6 Å². The van der Waals surface area contributed by atoms with Crippen molar-refractivity contribution in [1.29, 1.82) is 0 Å². The molecule has 1 aromatic rings. The summed E-state index contributed by atoms with van der Waals surface area (Å²) >= 11 is 0. The lowest BCUT2D eigenvalue weighted by atomic mass is 9.98. The van der Waals surface area contributed by atoms with Crippen molar-refractivity contribution in [3.8, 4) is 5.88 Å². The van der Waals surface area contributed by atoms with Gasteiger partial charge in [-0.2, -0.15) is 10.3 Å². The summed E-state index contributed by atoms with van der Waals surface area (Å²) in [7, 11) is 0. The van der Waals surface area contributed by atoms with E-state index in [9.17, 15) is 9.90 Å². The zero-order chi connectivity index (χ0) is 10.9. The van der Waals surface area contributed by atoms with Crippen LogP contribution in [-0.2, 0) is 10.4 Å². The van der Waals surface area contributed by atoms with Crippen LogP contribution < -0.4 is 4.74 Å². The molecule has 15 heavy (non-hydrogen) atoms. The van der Waals surface area contributed by atoms with Crippen LogP contribution in [-0.4, -0.2) is 26.5 Å². The standard InChI is InChI=1S/C9H13N3O3/c1-6(13)15-8-7(10-12-11-8)9(14)4-2-3-5-9/h14H,2-5H2,1H3,(H,10,11,12). The van der Waals surface area contributed by atoms with E-state index in [0.29, 0.717) is 18.5 Å². The second kappa shape index (κ2) is 3.62. The number of esters is 1. The highest BCUT2D eigenvalue weighted by Gasteiger charge is 2.39. The summed E-state index contributed by atoms with van der Waals surface area (Å²) in [6, 6.07) is 0. The SMILES string of the molecule is CC(=O)Oc1n[nH]nc1C1(O)CCCC1. The van der Waals surface area contributed by atoms with Gasteiger partial charge < -0.3 is 9.84 Å². The van der Waals surface area contributed by atoms with E-state index in [1.165, 1.54) is 6.92 Å². The average Bonchev–Trinajstić information content (AvgIpc) is 2.73. The molecule has 1 aromatic heterocycles. The molecule has 0 aliphatic heterocycles. The average molecular weight is 211 g/mol. The number of aromatic nitrogens is 3. The Morgan fingerprint density at radius 2 is 2.13 bits per heavy atom. The molecule has 1 aliphatic rings. The van der Waals surface area contributed by atoms with E-state index in [1.807, 2.05) is 0 Å². The molecule has 0 aromatic carbocycles. The van der Waals surface area contributed by atoms with E-state index in [2.05, 4.69) is 15.4 Å². The fourth-order valence-corrected chi connectivity index (χ4v) is 1.93. The van der Waals surface area contributed by atoms with Crippen molar-refractivity contribution in [3.05, 3.63) is 5.69 Å². The van der Waals surface area contributed by atoms with Gasteiger partial charge in [-0.05, 0) is 12.8 Å². The number of rotatable bonds is 2. The number of aliphatic hydroxyl groups is 1. The van der Waals surface area contributed by atoms with Gasteiger partial charge in [0.2, 0.25) is 0 Å². The third-order valence-electron chi connectivity index (χ3n) is 2.63. The molecule has 2 rings (SSSR count). The van der Waals surface area contributed by atoms with Crippen molar-refractivity contribution in [3.63, 3.8) is 0 Å². The number of hydrogen-bond acceptors (Lipinski definition) is 5. The molecular weight excluding hydrogens is 198 g/mol. The lowest BCUT2D eigenvalue weighted by molar-refractivity contribution is -0.132. The van der Waals surface area contributed by atoms with Gasteiger partial charge in [-0.15, -0.1) is 5.10 Å². The molecule has 2 N–H and O–H groups in total. The molecule has 0 saturated heterocycles. The number of ether oxygens (including phenoxy) is 1. The minimum Gasteiger partial charge on any atom is -0.404 e. The Kier molecular flexibility index (Phi) is 2.44. The van der Waals surface area contributed by atoms with Crippen molar-refractivity contribution in [2.24, 2.45) is 0 Å². The van der Waals surface area contributed by atoms with Gasteiger partial charge in [0.25, 0.3) is 5.88 Å². The van der Waals surface area contributed by atoms with Crippen molar-refractivity contribution in [1.82, 2.24) is 15.4 Å². The zero-order valence-corrected chi connectivity index (χ0v) is 8.49. The Labute approximate surface area is 86.6 Å². The van der Waals surface area contributed by atoms with Crippen LogP contribution in [0, 0.1) is 0 Å². The molecule has 82 valence electrons. The second-order valence-electron chi connectivity index (χ2n) is 3.81. The fourth-order valence-electron chi connectivity index (χ4n) is 1.93. The van der Waals surface area contributed by atoms with Gasteiger partial charge in [-0.25, -0.2) is 0 Å². The smallest absolute Gasteiger partial charge is 0.309 e. The van der Waals surface area contributed by atoms with Crippen LogP contribution >= 0.6 is 0 Å². The molecule has 6 heteroatoms. The fraction of sp³-hybridized carbons (Fsp3) is 0.667. The third-order valence-corrected chi connectivity index (χ3v) is 2.63. The highest BCUT2D eigenvalue weighted by atomic mass is 16.5. The van der Waals surface area contributed by atoms with Gasteiger partial charge in [0.1, 0.15) is 5.60 Å². The van der Waals surface area contributed by atoms with Gasteiger partial charge >= 0.3 is 5.97 Å². The molecule has 0 spiro atoms. The molecule has 0 bridgehead atoms. The number of nitrogens with one attached hydrogen (secondary N) is 1. The lowest BCUT2D eigenvalue weighted by Crippen LogP contribution is -2.23. The number of carbonyl (C=O) groups is 1. The topological polar surface area (TPSA) is 88.1 Å². The summed E-state index contributed by atoms with van der Waals surface area (Å²) in [6.45, 7) is 1.29. The van der Waals surface area contributed by atoms with Crippen LogP contribution in [0.3, 0.4) is 0 Å². The Morgan fingerprint density at radius 3 is 2.73 bits per heavy atom. The van der Waals surface area contributed by atoms with E-state index < -0.39 is 11.6 Å². The van der Waals surface area contributed by atoms with Crippen LogP contribution in [0.5, 0.6) is 5.88 Å². The maximum atomic E-state index is 10.8. The van der Waals surface area contributed by atoms with Crippen molar-refractivity contribution in [2.75, 3.05) is 0 Å². The lowest BCUT2D eigenvalue weighted by Gasteiger charge is -2.19. The van der Waals surface area contributed by atoms with E-state index in [4.69, 9.17) is 4.74 Å². The summed E-state index contributed by atoms with van der Waals surface area (Å²) in [6.07, 6.45) is 3.16. The summed E-state index contributed by atoms with van der Waals surface area (Å²) in [5.74, 6) is -0.376. The maximum Gasteiger partial charge on any atom is 0.309 e. The molecule has 1 fully saturated rings. The largest absolute Gasteiger partial charge is 0.404 e. The normalized spacial score (nSPS) is 19.1. The minimum atomic E-state index is -0.988. The first-order valence-electron chi connectivity index (χ1n) is 4.94. The van der Waals surface area contributed by atoms with Gasteiger partial charge in [0.05, 0.1) is 0 Å². The summed E-state index contributed by atoms with van der Waals surface area (Å²) < 4.78 is 4.86. The predicted molar refractivity (Wildman–Crippen MR) is 50.1 cm³/mol. The van der Waals surface area contributed by atoms with Crippen molar-refractivity contribution >= 4 is 5.97 Å². The quantitative estimate of drug-likeness (QED) is 0.695. The highest BCUT2D eigenvalue weighted by Crippen LogP contribution is 2.40. The second-order valence-corrected chi connectivity index (χ2v) is 3.81. The van der Waals surface area contributed by atoms with Crippen molar-refractivity contribution in [2.45, 2.75) is 38.2 Å². The molecular formula is C9H13N3O3. The number of aromatic amines is 1. The summed E-state index contributed by atoms with van der Waals surface area (Å²) in [4.78, 5) is 10.8. The maximum absolute atomic E-state index is 10.8. The van der Waals surface area contributed by atoms with E-state index in [1.54, 1.807) is 0 Å². The summed E-state index contributed by atoms with van der Waals surface area (Å²) in [5, 5.41) is 20.2. The Morgan fingerprint density at radius 1 is 1.47 bits per heavy atom. The summed E-state index contributed by atoms with van der Waals surface area (Å²) in [5.41, 5.74) is -0.646. The first kappa shape index (κ1) is 10.1. The number of H-pyrrole nitrogens is 1. The molecule has 6 nitrogen and oxygen atoms in total. The molecule has 0 unspecified atom stereocenters. The van der Waals surface area contributed by atoms with Crippen LogP contribution in [0.4, 0.5) is 0 Å². The Bertz CT molecular complexity index is 368. The van der Waals surface area contributed by atoms with Crippen LogP contribution in [0.15, 0.2) is 0 Å². The van der Waals surface area contributed by atoms with Crippen LogP contribution in [0.2, 0.25) is 0 Å². The van der Waals surface area contributed by atoms with E-state index in [0.717, 1.165) is 12.8 Å². The molecule has 0 radical (unpaired) electrons. The van der Waals surface area contributed by atoms with Crippen LogP contribution in [0.1, 0.15) is 38.3 Å². The van der Waals surface area contributed by atoms with E-state index >= 15 is 0 Å². The Balaban J connectivity index is 2.27.